The van der Waals surface area contributed by atoms with E-state index in [9.17, 15) is 13.2 Å². The summed E-state index contributed by atoms with van der Waals surface area (Å²) in [6, 6.07) is 0. The van der Waals surface area contributed by atoms with Crippen LogP contribution in [0.1, 0.15) is 25.7 Å². The van der Waals surface area contributed by atoms with Gasteiger partial charge < -0.3 is 5.73 Å². The number of nitrogens with one attached hydrogen (secondary N) is 1. The number of hydrogen-bond donors (Lipinski definition) is 2. The second kappa shape index (κ2) is 3.55. The van der Waals surface area contributed by atoms with Gasteiger partial charge in [0.15, 0.2) is 0 Å². The summed E-state index contributed by atoms with van der Waals surface area (Å²) in [7, 11) is 0. The molecule has 5 heteroatoms. The molecule has 2 nitrogen and oxygen atoms in total. The molecular formula is C8H13F3N2. The van der Waals surface area contributed by atoms with Crippen LogP contribution >= 0.6 is 0 Å². The van der Waals surface area contributed by atoms with Gasteiger partial charge in [0.2, 0.25) is 0 Å². The second-order valence-corrected chi connectivity index (χ2v) is 3.55. The predicted octanol–water partition coefficient (Wildman–Crippen LogP) is 2.29. The molecule has 76 valence electrons. The van der Waals surface area contributed by atoms with E-state index >= 15 is 0 Å². The van der Waals surface area contributed by atoms with E-state index in [1.807, 2.05) is 0 Å². The van der Waals surface area contributed by atoms with E-state index in [1.165, 1.54) is 0 Å². The van der Waals surface area contributed by atoms with Gasteiger partial charge in [0.05, 0.1) is 11.8 Å². The van der Waals surface area contributed by atoms with Crippen LogP contribution in [0.4, 0.5) is 13.2 Å². The maximum Gasteiger partial charge on any atom is 0.391 e. The first-order valence-electron chi connectivity index (χ1n) is 4.32. The highest BCUT2D eigenvalue weighted by atomic mass is 19.4. The van der Waals surface area contributed by atoms with Crippen molar-refractivity contribution in [1.29, 1.82) is 5.41 Å². The van der Waals surface area contributed by atoms with Gasteiger partial charge in [0.25, 0.3) is 0 Å². The normalized spacial score (nSPS) is 30.1. The average Bonchev–Trinajstić information content (AvgIpc) is 2.03. The number of hydrogen-bond acceptors (Lipinski definition) is 1. The van der Waals surface area contributed by atoms with Gasteiger partial charge >= 0.3 is 6.18 Å². The molecule has 0 bridgehead atoms. The van der Waals surface area contributed by atoms with Crippen LogP contribution in [0.3, 0.4) is 0 Å². The molecule has 1 saturated carbocycles. The Morgan fingerprint density at radius 1 is 1.15 bits per heavy atom. The molecular weight excluding hydrogens is 181 g/mol. The summed E-state index contributed by atoms with van der Waals surface area (Å²) in [5, 5.41) is 7.11. The van der Waals surface area contributed by atoms with Gasteiger partial charge in [0.1, 0.15) is 0 Å². The summed E-state index contributed by atoms with van der Waals surface area (Å²) in [6.07, 6.45) is -3.03. The van der Waals surface area contributed by atoms with Gasteiger partial charge in [0, 0.05) is 5.92 Å². The van der Waals surface area contributed by atoms with Crippen LogP contribution in [0, 0.1) is 17.2 Å². The fraction of sp³-hybridized carbons (Fsp3) is 0.875. The highest BCUT2D eigenvalue weighted by Crippen LogP contribution is 2.39. The van der Waals surface area contributed by atoms with E-state index in [1.54, 1.807) is 0 Å². The summed E-state index contributed by atoms with van der Waals surface area (Å²) < 4.78 is 36.6. The highest BCUT2D eigenvalue weighted by Gasteiger charge is 2.41. The minimum Gasteiger partial charge on any atom is -0.387 e. The molecule has 1 aliphatic carbocycles. The Balaban J connectivity index is 2.44. The van der Waals surface area contributed by atoms with Crippen molar-refractivity contribution in [3.8, 4) is 0 Å². The highest BCUT2D eigenvalue weighted by molar-refractivity contribution is 5.79. The van der Waals surface area contributed by atoms with Crippen molar-refractivity contribution < 1.29 is 13.2 Å². The van der Waals surface area contributed by atoms with Gasteiger partial charge in [-0.25, -0.2) is 0 Å². The predicted molar refractivity (Wildman–Crippen MR) is 43.4 cm³/mol. The van der Waals surface area contributed by atoms with Crippen LogP contribution < -0.4 is 5.73 Å². The third-order valence-corrected chi connectivity index (χ3v) is 2.63. The first-order valence-corrected chi connectivity index (χ1v) is 4.32. The lowest BCUT2D eigenvalue weighted by Crippen LogP contribution is -2.32. The maximum atomic E-state index is 12.2. The molecule has 0 spiro atoms. The standard InChI is InChI=1S/C8H13F3N2/c9-8(10,11)6-3-1-5(2-4-6)7(12)13/h5-6H,1-4H2,(H3,12,13). The van der Waals surface area contributed by atoms with E-state index in [2.05, 4.69) is 0 Å². The molecule has 0 atom stereocenters. The molecule has 0 aliphatic heterocycles. The number of alkyl halides is 3. The molecule has 3 N–H and O–H groups in total. The monoisotopic (exact) mass is 194 g/mol. The Hall–Kier alpha value is -0.740. The van der Waals surface area contributed by atoms with Crippen LogP contribution in [0.5, 0.6) is 0 Å². The number of rotatable bonds is 1. The van der Waals surface area contributed by atoms with Gasteiger partial charge in [-0.15, -0.1) is 0 Å². The minimum atomic E-state index is -4.07. The van der Waals surface area contributed by atoms with Crippen molar-refractivity contribution in [2.45, 2.75) is 31.9 Å². The molecule has 1 fully saturated rings. The zero-order valence-electron chi connectivity index (χ0n) is 7.19. The molecule has 0 aromatic rings. The lowest BCUT2D eigenvalue weighted by molar-refractivity contribution is -0.182. The molecule has 0 aromatic carbocycles. The molecule has 0 saturated heterocycles. The SMILES string of the molecule is N=C(N)C1CCC(C(F)(F)F)CC1. The lowest BCUT2D eigenvalue weighted by atomic mass is 9.81. The van der Waals surface area contributed by atoms with Crippen molar-refractivity contribution >= 4 is 5.84 Å². The van der Waals surface area contributed by atoms with Crippen LogP contribution in [-0.2, 0) is 0 Å². The van der Waals surface area contributed by atoms with E-state index < -0.39 is 12.1 Å². The van der Waals surface area contributed by atoms with Crippen LogP contribution in [0.25, 0.3) is 0 Å². The van der Waals surface area contributed by atoms with Crippen LogP contribution in [-0.4, -0.2) is 12.0 Å². The number of nitrogens with two attached hydrogens (primary N) is 1. The van der Waals surface area contributed by atoms with Crippen molar-refractivity contribution in [3.05, 3.63) is 0 Å². The van der Waals surface area contributed by atoms with Crippen molar-refractivity contribution in [2.24, 2.45) is 17.6 Å². The molecule has 13 heavy (non-hydrogen) atoms. The first kappa shape index (κ1) is 10.3. The topological polar surface area (TPSA) is 49.9 Å². The van der Waals surface area contributed by atoms with Gasteiger partial charge in [-0.05, 0) is 25.7 Å². The third-order valence-electron chi connectivity index (χ3n) is 2.63. The zero-order valence-corrected chi connectivity index (χ0v) is 7.19. The smallest absolute Gasteiger partial charge is 0.387 e. The maximum absolute atomic E-state index is 12.2. The third kappa shape index (κ3) is 2.60. The Bertz CT molecular complexity index is 192. The Morgan fingerprint density at radius 3 is 1.92 bits per heavy atom. The largest absolute Gasteiger partial charge is 0.391 e. The van der Waals surface area contributed by atoms with Gasteiger partial charge in [-0.3, -0.25) is 5.41 Å². The quantitative estimate of drug-likeness (QED) is 0.488. The lowest BCUT2D eigenvalue weighted by Gasteiger charge is -2.28. The Morgan fingerprint density at radius 2 is 1.62 bits per heavy atom. The van der Waals surface area contributed by atoms with Gasteiger partial charge in [-0.2, -0.15) is 13.2 Å². The average molecular weight is 194 g/mol. The summed E-state index contributed by atoms with van der Waals surface area (Å²) in [6.45, 7) is 0. The van der Waals surface area contributed by atoms with E-state index in [0.717, 1.165) is 0 Å². The van der Waals surface area contributed by atoms with Crippen molar-refractivity contribution in [3.63, 3.8) is 0 Å². The number of amidine groups is 1. The summed E-state index contributed by atoms with van der Waals surface area (Å²) in [4.78, 5) is 0. The van der Waals surface area contributed by atoms with E-state index in [0.29, 0.717) is 12.8 Å². The van der Waals surface area contributed by atoms with Crippen molar-refractivity contribution in [2.75, 3.05) is 0 Å². The fourth-order valence-corrected chi connectivity index (χ4v) is 1.73. The molecule has 0 radical (unpaired) electrons. The minimum absolute atomic E-state index is 0.0284. The summed E-state index contributed by atoms with van der Waals surface area (Å²) in [5.74, 6) is -1.28. The molecule has 0 unspecified atom stereocenters. The van der Waals surface area contributed by atoms with Crippen molar-refractivity contribution in [1.82, 2.24) is 0 Å². The van der Waals surface area contributed by atoms with Crippen LogP contribution in [0.15, 0.2) is 0 Å². The fourth-order valence-electron chi connectivity index (χ4n) is 1.73. The van der Waals surface area contributed by atoms with E-state index in [4.69, 9.17) is 11.1 Å². The molecule has 0 aromatic heterocycles. The molecule has 0 amide bonds. The zero-order chi connectivity index (χ0) is 10.1. The second-order valence-electron chi connectivity index (χ2n) is 3.55. The Labute approximate surface area is 74.8 Å². The van der Waals surface area contributed by atoms with Gasteiger partial charge in [-0.1, -0.05) is 0 Å². The summed E-state index contributed by atoms with van der Waals surface area (Å²) in [5.41, 5.74) is 5.22. The molecule has 0 heterocycles. The number of halogens is 3. The summed E-state index contributed by atoms with van der Waals surface area (Å²) >= 11 is 0. The molecule has 1 rings (SSSR count). The van der Waals surface area contributed by atoms with Crippen LogP contribution in [0.2, 0.25) is 0 Å². The first-order chi connectivity index (χ1) is 5.91. The molecule has 1 aliphatic rings. The van der Waals surface area contributed by atoms with E-state index in [-0.39, 0.29) is 24.6 Å². The Kier molecular flexibility index (Phi) is 2.83.